The van der Waals surface area contributed by atoms with Gasteiger partial charge in [-0.3, -0.25) is 4.90 Å². The number of unbranched alkanes of at least 4 members (excludes halogenated alkanes) is 1. The summed E-state index contributed by atoms with van der Waals surface area (Å²) in [6.45, 7) is 8.73. The Morgan fingerprint density at radius 2 is 2.13 bits per heavy atom. The standard InChI is InChI=1S/C20H27NOS/c1-3-5-11-21-12-9-16(10-13-21)18-15-23-20-17(18)7-6-8-19(20)22-14-4-2/h6-9,15H,3-5,10-14H2,1-2H3. The lowest BCUT2D eigenvalue weighted by atomic mass is 9.98. The number of hydrogen-bond donors (Lipinski definition) is 0. The van der Waals surface area contributed by atoms with Crippen LogP contribution < -0.4 is 4.74 Å². The van der Waals surface area contributed by atoms with Gasteiger partial charge < -0.3 is 4.74 Å². The van der Waals surface area contributed by atoms with Gasteiger partial charge in [0.25, 0.3) is 0 Å². The number of hydrogen-bond acceptors (Lipinski definition) is 3. The number of rotatable bonds is 7. The van der Waals surface area contributed by atoms with Crippen LogP contribution in [0.25, 0.3) is 15.7 Å². The van der Waals surface area contributed by atoms with Gasteiger partial charge in [0.2, 0.25) is 0 Å². The Hall–Kier alpha value is -1.32. The van der Waals surface area contributed by atoms with E-state index < -0.39 is 0 Å². The van der Waals surface area contributed by atoms with Gasteiger partial charge in [0.15, 0.2) is 0 Å². The Morgan fingerprint density at radius 3 is 2.87 bits per heavy atom. The summed E-state index contributed by atoms with van der Waals surface area (Å²) in [5.74, 6) is 1.04. The number of nitrogens with zero attached hydrogens (tertiary/aromatic N) is 1. The molecule has 0 saturated carbocycles. The van der Waals surface area contributed by atoms with E-state index in [4.69, 9.17) is 4.74 Å². The molecular formula is C20H27NOS. The summed E-state index contributed by atoms with van der Waals surface area (Å²) in [4.78, 5) is 2.57. The van der Waals surface area contributed by atoms with Crippen LogP contribution in [-0.4, -0.2) is 31.1 Å². The summed E-state index contributed by atoms with van der Waals surface area (Å²) in [7, 11) is 0. The molecule has 0 amide bonds. The fourth-order valence-electron chi connectivity index (χ4n) is 3.15. The van der Waals surface area contributed by atoms with Crippen molar-refractivity contribution >= 4 is 27.0 Å². The molecule has 0 saturated heterocycles. The topological polar surface area (TPSA) is 12.5 Å². The van der Waals surface area contributed by atoms with E-state index in [0.29, 0.717) is 0 Å². The Balaban J connectivity index is 1.80. The molecule has 2 nitrogen and oxygen atoms in total. The first-order valence-electron chi connectivity index (χ1n) is 8.88. The first-order valence-corrected chi connectivity index (χ1v) is 9.76. The lowest BCUT2D eigenvalue weighted by Crippen LogP contribution is -2.29. The van der Waals surface area contributed by atoms with E-state index in [1.165, 1.54) is 47.2 Å². The van der Waals surface area contributed by atoms with Crippen molar-refractivity contribution in [2.24, 2.45) is 0 Å². The van der Waals surface area contributed by atoms with Gasteiger partial charge in [-0.1, -0.05) is 38.5 Å². The molecule has 23 heavy (non-hydrogen) atoms. The summed E-state index contributed by atoms with van der Waals surface area (Å²) >= 11 is 1.82. The third kappa shape index (κ3) is 3.78. The highest BCUT2D eigenvalue weighted by molar-refractivity contribution is 7.17. The molecule has 1 aliphatic heterocycles. The Bertz CT molecular complexity index is 673. The number of thiophene rings is 1. The van der Waals surface area contributed by atoms with Crippen molar-refractivity contribution in [3.05, 3.63) is 35.2 Å². The van der Waals surface area contributed by atoms with Gasteiger partial charge in [-0.2, -0.15) is 0 Å². The van der Waals surface area contributed by atoms with E-state index in [9.17, 15) is 0 Å². The van der Waals surface area contributed by atoms with Gasteiger partial charge in [-0.15, -0.1) is 11.3 Å². The van der Waals surface area contributed by atoms with Crippen molar-refractivity contribution < 1.29 is 4.74 Å². The van der Waals surface area contributed by atoms with E-state index in [1.54, 1.807) is 0 Å². The van der Waals surface area contributed by atoms with Crippen molar-refractivity contribution in [1.82, 2.24) is 4.90 Å². The Labute approximate surface area is 143 Å². The smallest absolute Gasteiger partial charge is 0.137 e. The zero-order valence-electron chi connectivity index (χ0n) is 14.3. The number of benzene rings is 1. The van der Waals surface area contributed by atoms with E-state index in [-0.39, 0.29) is 0 Å². The van der Waals surface area contributed by atoms with Crippen LogP contribution in [0.15, 0.2) is 29.7 Å². The molecule has 1 aromatic carbocycles. The molecule has 1 aromatic heterocycles. The van der Waals surface area contributed by atoms with Crippen LogP contribution in [0.1, 0.15) is 45.1 Å². The van der Waals surface area contributed by atoms with Crippen LogP contribution in [0.4, 0.5) is 0 Å². The van der Waals surface area contributed by atoms with E-state index in [0.717, 1.165) is 31.7 Å². The lowest BCUT2D eigenvalue weighted by Gasteiger charge is -2.26. The molecule has 0 spiro atoms. The highest BCUT2D eigenvalue weighted by atomic mass is 32.1. The molecular weight excluding hydrogens is 302 g/mol. The lowest BCUT2D eigenvalue weighted by molar-refractivity contribution is 0.297. The first-order chi connectivity index (χ1) is 11.3. The van der Waals surface area contributed by atoms with E-state index in [1.807, 2.05) is 11.3 Å². The predicted octanol–water partition coefficient (Wildman–Crippen LogP) is 5.58. The average molecular weight is 330 g/mol. The van der Waals surface area contributed by atoms with Gasteiger partial charge >= 0.3 is 0 Å². The third-order valence-electron chi connectivity index (χ3n) is 4.49. The SMILES string of the molecule is CCCCN1CC=C(c2csc3c(OCCC)cccc23)CC1. The van der Waals surface area contributed by atoms with Crippen LogP contribution >= 0.6 is 11.3 Å². The second-order valence-electron chi connectivity index (χ2n) is 6.26. The molecule has 2 heterocycles. The van der Waals surface area contributed by atoms with Crippen molar-refractivity contribution in [1.29, 1.82) is 0 Å². The minimum Gasteiger partial charge on any atom is -0.492 e. The van der Waals surface area contributed by atoms with Crippen LogP contribution in [0, 0.1) is 0 Å². The molecule has 0 bridgehead atoms. The van der Waals surface area contributed by atoms with Gasteiger partial charge in [-0.05, 0) is 48.4 Å². The minimum atomic E-state index is 0.793. The highest BCUT2D eigenvalue weighted by Gasteiger charge is 2.16. The maximum Gasteiger partial charge on any atom is 0.137 e. The van der Waals surface area contributed by atoms with Crippen molar-refractivity contribution in [2.45, 2.75) is 39.5 Å². The quantitative estimate of drug-likeness (QED) is 0.657. The van der Waals surface area contributed by atoms with Crippen LogP contribution in [0.3, 0.4) is 0 Å². The molecule has 0 aliphatic carbocycles. The normalized spacial score (nSPS) is 15.8. The molecule has 0 radical (unpaired) electrons. The molecule has 1 aliphatic rings. The molecule has 0 atom stereocenters. The van der Waals surface area contributed by atoms with Crippen molar-refractivity contribution in [2.75, 3.05) is 26.2 Å². The van der Waals surface area contributed by atoms with Crippen molar-refractivity contribution in [3.8, 4) is 5.75 Å². The maximum absolute atomic E-state index is 5.91. The Kier molecular flexibility index (Phi) is 5.74. The largest absolute Gasteiger partial charge is 0.492 e. The second-order valence-corrected chi connectivity index (χ2v) is 7.14. The third-order valence-corrected chi connectivity index (χ3v) is 5.50. The summed E-state index contributed by atoms with van der Waals surface area (Å²) in [6, 6.07) is 6.46. The molecule has 0 unspecified atom stereocenters. The molecule has 3 heteroatoms. The summed E-state index contributed by atoms with van der Waals surface area (Å²) in [6.07, 6.45) is 7.23. The van der Waals surface area contributed by atoms with Gasteiger partial charge in [0.1, 0.15) is 5.75 Å². The van der Waals surface area contributed by atoms with Gasteiger partial charge in [0, 0.05) is 18.5 Å². The van der Waals surface area contributed by atoms with Crippen LogP contribution in [0.2, 0.25) is 0 Å². The zero-order chi connectivity index (χ0) is 16.1. The number of ether oxygens (including phenoxy) is 1. The van der Waals surface area contributed by atoms with Gasteiger partial charge in [0.05, 0.1) is 11.3 Å². The predicted molar refractivity (Wildman–Crippen MR) is 102 cm³/mol. The zero-order valence-corrected chi connectivity index (χ0v) is 15.1. The second kappa shape index (κ2) is 7.98. The van der Waals surface area contributed by atoms with Crippen LogP contribution in [0.5, 0.6) is 5.75 Å². The summed E-state index contributed by atoms with van der Waals surface area (Å²) in [5, 5.41) is 3.67. The fraction of sp³-hybridized carbons (Fsp3) is 0.500. The van der Waals surface area contributed by atoms with Gasteiger partial charge in [-0.25, -0.2) is 0 Å². The van der Waals surface area contributed by atoms with E-state index in [2.05, 4.69) is 48.4 Å². The highest BCUT2D eigenvalue weighted by Crippen LogP contribution is 2.38. The molecule has 0 N–H and O–H groups in total. The summed E-state index contributed by atoms with van der Waals surface area (Å²) in [5.41, 5.74) is 2.93. The fourth-order valence-corrected chi connectivity index (χ4v) is 4.21. The minimum absolute atomic E-state index is 0.793. The first kappa shape index (κ1) is 16.5. The maximum atomic E-state index is 5.91. The number of fused-ring (bicyclic) bond motifs is 1. The molecule has 0 fully saturated rings. The monoisotopic (exact) mass is 329 g/mol. The molecule has 124 valence electrons. The van der Waals surface area contributed by atoms with E-state index >= 15 is 0 Å². The van der Waals surface area contributed by atoms with Crippen LogP contribution in [-0.2, 0) is 0 Å². The Morgan fingerprint density at radius 1 is 1.22 bits per heavy atom. The molecule has 3 rings (SSSR count). The molecule has 2 aromatic rings. The van der Waals surface area contributed by atoms with Crippen molar-refractivity contribution in [3.63, 3.8) is 0 Å². The average Bonchev–Trinajstić information content (AvgIpc) is 3.03. The summed E-state index contributed by atoms with van der Waals surface area (Å²) < 4.78 is 7.21.